The minimum atomic E-state index is -1.20. The van der Waals surface area contributed by atoms with Crippen LogP contribution in [-0.4, -0.2) is 40.4 Å². The summed E-state index contributed by atoms with van der Waals surface area (Å²) in [6.45, 7) is -0.519. The second kappa shape index (κ2) is 4.43. The van der Waals surface area contributed by atoms with Crippen molar-refractivity contribution in [2.75, 3.05) is 6.61 Å². The fraction of sp³-hybridized carbons (Fsp3) is 0.800. The molecule has 4 heteroatoms. The second-order valence-corrected chi connectivity index (χ2v) is 1.72. The van der Waals surface area contributed by atoms with E-state index in [2.05, 4.69) is 0 Å². The number of hydrogen-bond acceptors (Lipinski definition) is 4. The molecular weight excluding hydrogens is 124 g/mol. The molecule has 9 heavy (non-hydrogen) atoms. The molecule has 4 nitrogen and oxygen atoms in total. The summed E-state index contributed by atoms with van der Waals surface area (Å²) in [5.41, 5.74) is 0. The van der Waals surface area contributed by atoms with Crippen molar-refractivity contribution in [1.82, 2.24) is 0 Å². The number of aliphatic hydroxyl groups is 3. The molecule has 3 N–H and O–H groups in total. The molecule has 2 atom stereocenters. The van der Waals surface area contributed by atoms with Crippen molar-refractivity contribution in [3.05, 3.63) is 0 Å². The highest BCUT2D eigenvalue weighted by Crippen LogP contribution is 1.94. The quantitative estimate of drug-likeness (QED) is 0.400. The van der Waals surface area contributed by atoms with E-state index in [0.717, 1.165) is 0 Å². The number of carbonyl (C=O) groups excluding carboxylic acids is 1. The molecule has 54 valence electrons. The zero-order valence-electron chi connectivity index (χ0n) is 4.90. The summed E-state index contributed by atoms with van der Waals surface area (Å²) in [5, 5.41) is 25.5. The third kappa shape index (κ3) is 3.18. The molecule has 0 spiro atoms. The van der Waals surface area contributed by atoms with Gasteiger partial charge in [0.25, 0.3) is 0 Å². The Hall–Kier alpha value is -0.450. The Labute approximate surface area is 52.7 Å². The molecule has 0 radical (unpaired) electrons. The summed E-state index contributed by atoms with van der Waals surface area (Å²) in [5.74, 6) is 0. The molecule has 0 saturated heterocycles. The van der Waals surface area contributed by atoms with Gasteiger partial charge in [0.2, 0.25) is 0 Å². The lowest BCUT2D eigenvalue weighted by Gasteiger charge is -2.11. The Morgan fingerprint density at radius 3 is 2.22 bits per heavy atom. The van der Waals surface area contributed by atoms with Crippen LogP contribution in [0.1, 0.15) is 6.42 Å². The predicted octanol–water partition coefficient (Wildman–Crippen LogP) is -1.71. The van der Waals surface area contributed by atoms with Crippen molar-refractivity contribution in [2.45, 2.75) is 18.6 Å². The summed E-state index contributed by atoms with van der Waals surface area (Å²) in [6.07, 6.45) is -1.98. The van der Waals surface area contributed by atoms with Crippen LogP contribution in [0.15, 0.2) is 0 Å². The number of hydrogen-bond donors (Lipinski definition) is 3. The lowest BCUT2D eigenvalue weighted by atomic mass is 10.2. The topological polar surface area (TPSA) is 77.8 Å². The molecule has 0 aliphatic heterocycles. The molecule has 0 aromatic carbocycles. The van der Waals surface area contributed by atoms with Crippen molar-refractivity contribution in [1.29, 1.82) is 0 Å². The summed E-state index contributed by atoms with van der Waals surface area (Å²) < 4.78 is 0. The highest BCUT2D eigenvalue weighted by molar-refractivity contribution is 5.50. The van der Waals surface area contributed by atoms with Crippen LogP contribution in [0.3, 0.4) is 0 Å². The molecule has 0 aromatic rings. The monoisotopic (exact) mass is 134 g/mol. The molecule has 0 heterocycles. The summed E-state index contributed by atoms with van der Waals surface area (Å²) >= 11 is 0. The highest BCUT2D eigenvalue weighted by atomic mass is 16.4. The van der Waals surface area contributed by atoms with E-state index in [4.69, 9.17) is 15.3 Å². The molecule has 0 amide bonds. The standard InChI is InChI=1S/C5H10O4/c6-2-1-4(8)5(9)3-7/h2,4-5,7-9H,1,3H2/t4-,5-/m0/s1. The van der Waals surface area contributed by atoms with Gasteiger partial charge in [0.05, 0.1) is 12.7 Å². The van der Waals surface area contributed by atoms with E-state index in [0.29, 0.717) is 6.29 Å². The van der Waals surface area contributed by atoms with Crippen molar-refractivity contribution < 1.29 is 20.1 Å². The van der Waals surface area contributed by atoms with E-state index in [1.54, 1.807) is 0 Å². The Balaban J connectivity index is 3.44. The molecule has 0 fully saturated rings. The van der Waals surface area contributed by atoms with Gasteiger partial charge < -0.3 is 20.1 Å². The maximum atomic E-state index is 9.68. The van der Waals surface area contributed by atoms with Gasteiger partial charge in [0.15, 0.2) is 0 Å². The zero-order chi connectivity index (χ0) is 7.28. The van der Waals surface area contributed by atoms with E-state index in [1.807, 2.05) is 0 Å². The van der Waals surface area contributed by atoms with Crippen molar-refractivity contribution in [2.24, 2.45) is 0 Å². The van der Waals surface area contributed by atoms with Crippen LogP contribution in [0, 0.1) is 0 Å². The van der Waals surface area contributed by atoms with Gasteiger partial charge in [-0.2, -0.15) is 0 Å². The number of aliphatic hydroxyl groups excluding tert-OH is 3. The normalized spacial score (nSPS) is 16.8. The molecule has 0 unspecified atom stereocenters. The van der Waals surface area contributed by atoms with Crippen LogP contribution in [0.25, 0.3) is 0 Å². The average molecular weight is 134 g/mol. The second-order valence-electron chi connectivity index (χ2n) is 1.72. The minimum absolute atomic E-state index is 0.137. The smallest absolute Gasteiger partial charge is 0.122 e. The molecule has 0 aromatic heterocycles. The van der Waals surface area contributed by atoms with Crippen LogP contribution >= 0.6 is 0 Å². The number of rotatable bonds is 4. The summed E-state index contributed by atoms with van der Waals surface area (Å²) in [6, 6.07) is 0. The molecule has 0 bridgehead atoms. The first-order chi connectivity index (χ1) is 4.22. The fourth-order valence-electron chi connectivity index (χ4n) is 0.377. The number of carbonyl (C=O) groups is 1. The van der Waals surface area contributed by atoms with Crippen LogP contribution in [-0.2, 0) is 4.79 Å². The molecule has 0 saturated carbocycles. The first kappa shape index (κ1) is 8.55. The Morgan fingerprint density at radius 2 is 1.89 bits per heavy atom. The van der Waals surface area contributed by atoms with E-state index in [9.17, 15) is 4.79 Å². The first-order valence-corrected chi connectivity index (χ1v) is 2.63. The summed E-state index contributed by atoms with van der Waals surface area (Å²) in [7, 11) is 0. The maximum Gasteiger partial charge on any atom is 0.122 e. The average Bonchev–Trinajstić information content (AvgIpc) is 1.87. The summed E-state index contributed by atoms with van der Waals surface area (Å²) in [4.78, 5) is 9.68. The third-order valence-electron chi connectivity index (χ3n) is 0.969. The molecular formula is C5H10O4. The Kier molecular flexibility index (Phi) is 4.21. The highest BCUT2D eigenvalue weighted by Gasteiger charge is 2.13. The molecule has 0 rings (SSSR count). The fourth-order valence-corrected chi connectivity index (χ4v) is 0.377. The molecule has 0 aliphatic rings. The lowest BCUT2D eigenvalue weighted by Crippen LogP contribution is -2.29. The molecule has 0 aliphatic carbocycles. The van der Waals surface area contributed by atoms with E-state index < -0.39 is 18.8 Å². The third-order valence-corrected chi connectivity index (χ3v) is 0.969. The lowest BCUT2D eigenvalue weighted by molar-refractivity contribution is -0.111. The van der Waals surface area contributed by atoms with Crippen LogP contribution in [0.5, 0.6) is 0 Å². The van der Waals surface area contributed by atoms with Gasteiger partial charge in [0.1, 0.15) is 12.4 Å². The van der Waals surface area contributed by atoms with Gasteiger partial charge in [-0.25, -0.2) is 0 Å². The van der Waals surface area contributed by atoms with E-state index >= 15 is 0 Å². The van der Waals surface area contributed by atoms with Crippen molar-refractivity contribution in [3.8, 4) is 0 Å². The van der Waals surface area contributed by atoms with Crippen LogP contribution in [0.2, 0.25) is 0 Å². The first-order valence-electron chi connectivity index (χ1n) is 2.63. The maximum absolute atomic E-state index is 9.68. The Morgan fingerprint density at radius 1 is 1.33 bits per heavy atom. The predicted molar refractivity (Wildman–Crippen MR) is 29.8 cm³/mol. The number of aldehydes is 1. The van der Waals surface area contributed by atoms with Gasteiger partial charge >= 0.3 is 0 Å². The van der Waals surface area contributed by atoms with E-state index in [1.165, 1.54) is 0 Å². The van der Waals surface area contributed by atoms with Gasteiger partial charge in [-0.3, -0.25) is 0 Å². The van der Waals surface area contributed by atoms with Gasteiger partial charge in [-0.1, -0.05) is 0 Å². The van der Waals surface area contributed by atoms with Crippen molar-refractivity contribution >= 4 is 6.29 Å². The van der Waals surface area contributed by atoms with E-state index in [-0.39, 0.29) is 6.42 Å². The van der Waals surface area contributed by atoms with Gasteiger partial charge in [0, 0.05) is 6.42 Å². The minimum Gasteiger partial charge on any atom is -0.394 e. The Bertz CT molecular complexity index is 83.0. The van der Waals surface area contributed by atoms with Crippen LogP contribution in [0.4, 0.5) is 0 Å². The van der Waals surface area contributed by atoms with Crippen LogP contribution < -0.4 is 0 Å². The van der Waals surface area contributed by atoms with Gasteiger partial charge in [-0.15, -0.1) is 0 Å². The van der Waals surface area contributed by atoms with Gasteiger partial charge in [-0.05, 0) is 0 Å². The van der Waals surface area contributed by atoms with Crippen molar-refractivity contribution in [3.63, 3.8) is 0 Å². The zero-order valence-corrected chi connectivity index (χ0v) is 4.90. The largest absolute Gasteiger partial charge is 0.394 e. The SMILES string of the molecule is O=CC[C@H](O)[C@@H](O)CO.